The van der Waals surface area contributed by atoms with Crippen molar-refractivity contribution in [2.24, 2.45) is 5.92 Å². The van der Waals surface area contributed by atoms with E-state index in [9.17, 15) is 9.59 Å². The van der Waals surface area contributed by atoms with Crippen molar-refractivity contribution in [3.63, 3.8) is 0 Å². The molecule has 1 saturated heterocycles. The first-order valence-corrected chi connectivity index (χ1v) is 10.3. The van der Waals surface area contributed by atoms with Gasteiger partial charge >= 0.3 is 6.09 Å². The summed E-state index contributed by atoms with van der Waals surface area (Å²) in [6.45, 7) is 5.53. The lowest BCUT2D eigenvalue weighted by molar-refractivity contribution is -0.120. The summed E-state index contributed by atoms with van der Waals surface area (Å²) < 4.78 is 6.45. The lowest BCUT2D eigenvalue weighted by Crippen LogP contribution is -2.49. The summed E-state index contributed by atoms with van der Waals surface area (Å²) in [5.74, 6) is 0.141. The topological polar surface area (TPSA) is 84.7 Å². The van der Waals surface area contributed by atoms with Crippen molar-refractivity contribution in [3.8, 4) is 0 Å². The van der Waals surface area contributed by atoms with Gasteiger partial charge in [0, 0.05) is 10.5 Å². The molecule has 27 heavy (non-hydrogen) atoms. The average Bonchev–Trinajstić information content (AvgIpc) is 2.96. The molecule has 1 aromatic carbocycles. The fourth-order valence-corrected chi connectivity index (χ4v) is 4.49. The van der Waals surface area contributed by atoms with Gasteiger partial charge in [0.15, 0.2) is 0 Å². The third-order valence-corrected chi connectivity index (χ3v) is 5.76. The molecule has 2 amide bonds. The van der Waals surface area contributed by atoms with Gasteiger partial charge in [-0.15, -0.1) is 0 Å². The van der Waals surface area contributed by atoms with Crippen LogP contribution in [0, 0.1) is 5.92 Å². The summed E-state index contributed by atoms with van der Waals surface area (Å²) in [5, 5.41) is 2.91. The zero-order valence-electron chi connectivity index (χ0n) is 16.1. The molecule has 1 saturated carbocycles. The Balaban J connectivity index is 1.83. The Kier molecular flexibility index (Phi) is 5.70. The van der Waals surface area contributed by atoms with Crippen LogP contribution in [0.4, 0.5) is 16.2 Å². The minimum atomic E-state index is -0.598. The van der Waals surface area contributed by atoms with Crippen LogP contribution in [0.3, 0.4) is 0 Å². The lowest BCUT2D eigenvalue weighted by atomic mass is 9.85. The van der Waals surface area contributed by atoms with Gasteiger partial charge in [-0.1, -0.05) is 28.8 Å². The molecule has 0 aromatic heterocycles. The molecule has 2 fully saturated rings. The minimum absolute atomic E-state index is 0.0733. The van der Waals surface area contributed by atoms with Crippen molar-refractivity contribution in [2.45, 2.75) is 70.6 Å². The van der Waals surface area contributed by atoms with E-state index in [-0.39, 0.29) is 11.9 Å². The molecule has 0 radical (unpaired) electrons. The maximum Gasteiger partial charge on any atom is 0.411 e. The van der Waals surface area contributed by atoms with Gasteiger partial charge in [0.2, 0.25) is 5.91 Å². The smallest absolute Gasteiger partial charge is 0.411 e. The van der Waals surface area contributed by atoms with E-state index in [0.717, 1.165) is 30.2 Å². The fraction of sp³-hybridized carbons (Fsp3) is 0.600. The van der Waals surface area contributed by atoms with Crippen LogP contribution in [0.1, 0.15) is 52.9 Å². The van der Waals surface area contributed by atoms with Crippen LogP contribution in [-0.2, 0) is 9.53 Å². The number of carbonyl (C=O) groups is 2. The number of amides is 2. The zero-order chi connectivity index (χ0) is 19.8. The highest BCUT2D eigenvalue weighted by Gasteiger charge is 2.48. The standard InChI is InChI=1S/C20H28BrN3O3/c1-20(2,3)27-19(26)24-16-7-5-4-6-12(16)10-17(24)18(25)23-15-11-13(21)8-9-14(15)22/h8-9,11-12,16-17H,4-7,10,22H2,1-3H3,(H,23,25). The van der Waals surface area contributed by atoms with E-state index in [0.29, 0.717) is 23.7 Å². The van der Waals surface area contributed by atoms with Gasteiger partial charge in [0.25, 0.3) is 0 Å². The second kappa shape index (κ2) is 7.70. The highest BCUT2D eigenvalue weighted by molar-refractivity contribution is 9.10. The molecule has 6 nitrogen and oxygen atoms in total. The van der Waals surface area contributed by atoms with Crippen LogP contribution < -0.4 is 11.1 Å². The highest BCUT2D eigenvalue weighted by atomic mass is 79.9. The van der Waals surface area contributed by atoms with Crippen LogP contribution in [-0.4, -0.2) is 34.6 Å². The van der Waals surface area contributed by atoms with E-state index in [2.05, 4.69) is 21.2 Å². The fourth-order valence-electron chi connectivity index (χ4n) is 4.12. The summed E-state index contributed by atoms with van der Waals surface area (Å²) in [6, 6.07) is 4.87. The highest BCUT2D eigenvalue weighted by Crippen LogP contribution is 2.41. The van der Waals surface area contributed by atoms with Crippen molar-refractivity contribution in [3.05, 3.63) is 22.7 Å². The summed E-state index contributed by atoms with van der Waals surface area (Å²) in [7, 11) is 0. The van der Waals surface area contributed by atoms with Crippen LogP contribution in [0.15, 0.2) is 22.7 Å². The SMILES string of the molecule is CC(C)(C)OC(=O)N1C(C(=O)Nc2cc(Br)ccc2N)CC2CCCCC21. The van der Waals surface area contributed by atoms with Gasteiger partial charge in [-0.3, -0.25) is 9.69 Å². The first-order chi connectivity index (χ1) is 12.7. The number of fused-ring (bicyclic) bond motifs is 1. The number of likely N-dealkylation sites (tertiary alicyclic amines) is 1. The number of carbonyl (C=O) groups excluding carboxylic acids is 2. The average molecular weight is 438 g/mol. The number of hydrogen-bond acceptors (Lipinski definition) is 4. The van der Waals surface area contributed by atoms with Crippen LogP contribution in [0.2, 0.25) is 0 Å². The number of benzene rings is 1. The molecule has 3 atom stereocenters. The maximum atomic E-state index is 13.1. The van der Waals surface area contributed by atoms with Gasteiger partial charge in [-0.25, -0.2) is 4.79 Å². The van der Waals surface area contributed by atoms with Crippen molar-refractivity contribution < 1.29 is 14.3 Å². The molecule has 1 aromatic rings. The van der Waals surface area contributed by atoms with E-state index in [1.807, 2.05) is 26.8 Å². The predicted octanol–water partition coefficient (Wildman–Crippen LogP) is 4.54. The first kappa shape index (κ1) is 20.0. The third kappa shape index (κ3) is 4.57. The Bertz CT molecular complexity index is 732. The molecule has 148 valence electrons. The van der Waals surface area contributed by atoms with E-state index >= 15 is 0 Å². The summed E-state index contributed by atoms with van der Waals surface area (Å²) >= 11 is 3.40. The molecule has 1 heterocycles. The molecular weight excluding hydrogens is 410 g/mol. The van der Waals surface area contributed by atoms with Crippen molar-refractivity contribution >= 4 is 39.3 Å². The molecule has 0 bridgehead atoms. The van der Waals surface area contributed by atoms with Gasteiger partial charge < -0.3 is 15.8 Å². The van der Waals surface area contributed by atoms with Crippen LogP contribution >= 0.6 is 15.9 Å². The van der Waals surface area contributed by atoms with Gasteiger partial charge in [-0.2, -0.15) is 0 Å². The van der Waals surface area contributed by atoms with Crippen LogP contribution in [0.5, 0.6) is 0 Å². The normalized spacial score (nSPS) is 25.0. The Morgan fingerprint density at radius 2 is 1.96 bits per heavy atom. The van der Waals surface area contributed by atoms with E-state index < -0.39 is 17.7 Å². The number of nitrogens with zero attached hydrogens (tertiary/aromatic N) is 1. The molecule has 1 aliphatic carbocycles. The van der Waals surface area contributed by atoms with Crippen molar-refractivity contribution in [2.75, 3.05) is 11.1 Å². The Morgan fingerprint density at radius 1 is 1.26 bits per heavy atom. The number of nitrogen functional groups attached to an aromatic ring is 1. The monoisotopic (exact) mass is 437 g/mol. The number of rotatable bonds is 2. The first-order valence-electron chi connectivity index (χ1n) is 9.53. The number of anilines is 2. The lowest BCUT2D eigenvalue weighted by Gasteiger charge is -2.34. The molecule has 3 N–H and O–H groups in total. The number of nitrogens with two attached hydrogens (primary N) is 1. The van der Waals surface area contributed by atoms with E-state index in [1.165, 1.54) is 0 Å². The van der Waals surface area contributed by atoms with Crippen molar-refractivity contribution in [1.82, 2.24) is 4.90 Å². The largest absolute Gasteiger partial charge is 0.444 e. The van der Waals surface area contributed by atoms with Crippen molar-refractivity contribution in [1.29, 1.82) is 0 Å². The minimum Gasteiger partial charge on any atom is -0.444 e. The van der Waals surface area contributed by atoms with E-state index in [1.54, 1.807) is 17.0 Å². The number of halogens is 1. The molecular formula is C20H28BrN3O3. The molecule has 1 aliphatic heterocycles. The Labute approximate surface area is 168 Å². The van der Waals surface area contributed by atoms with Gasteiger partial charge in [0.1, 0.15) is 11.6 Å². The summed E-state index contributed by atoms with van der Waals surface area (Å²) in [5.41, 5.74) is 6.43. The van der Waals surface area contributed by atoms with Gasteiger partial charge in [-0.05, 0) is 64.2 Å². The predicted molar refractivity (Wildman–Crippen MR) is 109 cm³/mol. The second-order valence-electron chi connectivity index (χ2n) is 8.47. The Hall–Kier alpha value is -1.76. The number of nitrogens with one attached hydrogen (secondary N) is 1. The molecule has 7 heteroatoms. The van der Waals surface area contributed by atoms with Gasteiger partial charge in [0.05, 0.1) is 11.4 Å². The number of ether oxygens (including phenoxy) is 1. The van der Waals surface area contributed by atoms with E-state index in [4.69, 9.17) is 10.5 Å². The maximum absolute atomic E-state index is 13.1. The molecule has 3 rings (SSSR count). The Morgan fingerprint density at radius 3 is 2.67 bits per heavy atom. The molecule has 0 spiro atoms. The quantitative estimate of drug-likeness (QED) is 0.665. The molecule has 2 aliphatic rings. The summed E-state index contributed by atoms with van der Waals surface area (Å²) in [6.07, 6.45) is 4.46. The van der Waals surface area contributed by atoms with Crippen LogP contribution in [0.25, 0.3) is 0 Å². The third-order valence-electron chi connectivity index (χ3n) is 5.27. The molecule has 3 unspecified atom stereocenters. The second-order valence-corrected chi connectivity index (χ2v) is 9.39. The number of hydrogen-bond donors (Lipinski definition) is 2. The zero-order valence-corrected chi connectivity index (χ0v) is 17.7. The summed E-state index contributed by atoms with van der Waals surface area (Å²) in [4.78, 5) is 27.6.